The van der Waals surface area contributed by atoms with Gasteiger partial charge in [0.25, 0.3) is 0 Å². The molecule has 2 aliphatic rings. The number of amides is 1. The molecule has 0 atom stereocenters. The maximum Gasteiger partial charge on any atom is 0.225 e. The molecule has 0 aromatic heterocycles. The molecule has 0 saturated carbocycles. The highest BCUT2D eigenvalue weighted by molar-refractivity contribution is 14.0. The van der Waals surface area contributed by atoms with Crippen LogP contribution >= 0.6 is 24.0 Å². The van der Waals surface area contributed by atoms with E-state index in [4.69, 9.17) is 4.74 Å². The fourth-order valence-corrected chi connectivity index (χ4v) is 3.63. The summed E-state index contributed by atoms with van der Waals surface area (Å²) in [4.78, 5) is 21.1. The average molecular weight is 522 g/mol. The van der Waals surface area contributed by atoms with E-state index >= 15 is 0 Å². The Morgan fingerprint density at radius 2 is 1.86 bits per heavy atom. The van der Waals surface area contributed by atoms with Crippen molar-refractivity contribution < 1.29 is 18.3 Å². The summed E-state index contributed by atoms with van der Waals surface area (Å²) in [6.45, 7) is 6.68. The summed E-state index contributed by atoms with van der Waals surface area (Å²) in [5.74, 6) is -0.0251. The first kappa shape index (κ1) is 23.8. The number of likely N-dealkylation sites (tertiary alicyclic amines) is 1. The van der Waals surface area contributed by atoms with E-state index in [2.05, 4.69) is 15.2 Å². The molecule has 6 nitrogen and oxygen atoms in total. The molecular weight excluding hydrogens is 493 g/mol. The lowest BCUT2D eigenvalue weighted by atomic mass is 9.95. The lowest BCUT2D eigenvalue weighted by Gasteiger charge is -2.36. The number of nitrogens with one attached hydrogen (secondary N) is 1. The quantitative estimate of drug-likeness (QED) is 0.376. The number of morpholine rings is 1. The topological polar surface area (TPSA) is 57.2 Å². The molecule has 1 N–H and O–H groups in total. The van der Waals surface area contributed by atoms with Gasteiger partial charge in [-0.2, -0.15) is 0 Å². The normalized spacial score (nSPS) is 18.4. The number of ether oxygens (including phenoxy) is 1. The number of aliphatic imine (C=N–C) groups is 1. The number of guanidine groups is 1. The van der Waals surface area contributed by atoms with Crippen molar-refractivity contribution in [2.75, 3.05) is 45.9 Å². The van der Waals surface area contributed by atoms with Gasteiger partial charge in [0.15, 0.2) is 5.96 Å². The van der Waals surface area contributed by atoms with Crippen LogP contribution in [-0.4, -0.2) is 67.6 Å². The third-order valence-electron chi connectivity index (χ3n) is 5.21. The predicted octanol–water partition coefficient (Wildman–Crippen LogP) is 2.62. The zero-order chi connectivity index (χ0) is 19.9. The molecule has 3 rings (SSSR count). The molecule has 2 saturated heterocycles. The van der Waals surface area contributed by atoms with Gasteiger partial charge >= 0.3 is 0 Å². The maximum absolute atomic E-state index is 13.8. The van der Waals surface area contributed by atoms with Crippen molar-refractivity contribution in [3.05, 3.63) is 35.4 Å². The smallest absolute Gasteiger partial charge is 0.225 e. The lowest BCUT2D eigenvalue weighted by molar-refractivity contribution is -0.140. The molecule has 29 heavy (non-hydrogen) atoms. The Kier molecular flexibility index (Phi) is 9.54. The van der Waals surface area contributed by atoms with Gasteiger partial charge in [0.05, 0.1) is 19.8 Å². The van der Waals surface area contributed by atoms with E-state index in [0.29, 0.717) is 51.9 Å². The second-order valence-corrected chi connectivity index (χ2v) is 7.10. The van der Waals surface area contributed by atoms with Gasteiger partial charge < -0.3 is 19.9 Å². The van der Waals surface area contributed by atoms with Crippen LogP contribution in [0.25, 0.3) is 0 Å². The standard InChI is InChI=1S/C20H28F2N4O2.HI/c1-2-23-20(24-14-16-13-17(21)3-4-18(16)22)26-7-5-15(6-8-26)19(27)25-9-11-28-12-10-25;/h3-4,13,15H,2,5-12,14H2,1H3,(H,23,24);1H. The van der Waals surface area contributed by atoms with E-state index in [1.807, 2.05) is 11.8 Å². The van der Waals surface area contributed by atoms with Crippen LogP contribution in [0.1, 0.15) is 25.3 Å². The van der Waals surface area contributed by atoms with Crippen LogP contribution < -0.4 is 5.32 Å². The Labute approximate surface area is 187 Å². The van der Waals surface area contributed by atoms with E-state index < -0.39 is 11.6 Å². The van der Waals surface area contributed by atoms with Crippen LogP contribution in [0.3, 0.4) is 0 Å². The Balaban J connectivity index is 0.00000300. The Morgan fingerprint density at radius 1 is 1.17 bits per heavy atom. The van der Waals surface area contributed by atoms with Gasteiger partial charge in [-0.1, -0.05) is 0 Å². The van der Waals surface area contributed by atoms with E-state index in [1.54, 1.807) is 0 Å². The molecular formula is C20H29F2IN4O2. The second kappa shape index (κ2) is 11.6. The summed E-state index contributed by atoms with van der Waals surface area (Å²) >= 11 is 0. The molecule has 1 amide bonds. The Morgan fingerprint density at radius 3 is 2.52 bits per heavy atom. The van der Waals surface area contributed by atoms with E-state index in [-0.39, 0.29) is 47.9 Å². The molecule has 2 fully saturated rings. The average Bonchev–Trinajstić information content (AvgIpc) is 2.73. The lowest BCUT2D eigenvalue weighted by Crippen LogP contribution is -2.50. The van der Waals surface area contributed by atoms with Crippen LogP contribution in [0.5, 0.6) is 0 Å². The molecule has 162 valence electrons. The van der Waals surface area contributed by atoms with Gasteiger partial charge in [0, 0.05) is 44.2 Å². The highest BCUT2D eigenvalue weighted by Gasteiger charge is 2.30. The third-order valence-corrected chi connectivity index (χ3v) is 5.21. The van der Waals surface area contributed by atoms with Crippen molar-refractivity contribution in [1.29, 1.82) is 0 Å². The second-order valence-electron chi connectivity index (χ2n) is 7.10. The number of piperidine rings is 1. The van der Waals surface area contributed by atoms with Crippen molar-refractivity contribution in [1.82, 2.24) is 15.1 Å². The largest absolute Gasteiger partial charge is 0.378 e. The van der Waals surface area contributed by atoms with Crippen LogP contribution in [0, 0.1) is 17.6 Å². The minimum atomic E-state index is -0.473. The highest BCUT2D eigenvalue weighted by Crippen LogP contribution is 2.21. The molecule has 2 aliphatic heterocycles. The molecule has 0 bridgehead atoms. The number of halogens is 3. The SMILES string of the molecule is CCNC(=NCc1cc(F)ccc1F)N1CCC(C(=O)N2CCOCC2)CC1.I. The van der Waals surface area contributed by atoms with Crippen molar-refractivity contribution in [3.63, 3.8) is 0 Å². The van der Waals surface area contributed by atoms with Gasteiger partial charge in [-0.15, -0.1) is 24.0 Å². The van der Waals surface area contributed by atoms with Gasteiger partial charge in [-0.25, -0.2) is 13.8 Å². The van der Waals surface area contributed by atoms with Gasteiger partial charge in [-0.3, -0.25) is 4.79 Å². The van der Waals surface area contributed by atoms with Crippen molar-refractivity contribution in [2.45, 2.75) is 26.3 Å². The fourth-order valence-electron chi connectivity index (χ4n) is 3.63. The molecule has 0 aliphatic carbocycles. The molecule has 0 spiro atoms. The van der Waals surface area contributed by atoms with Crippen LogP contribution in [0.15, 0.2) is 23.2 Å². The summed E-state index contributed by atoms with van der Waals surface area (Å²) < 4.78 is 32.5. The number of carbonyl (C=O) groups excluding carboxylic acids is 1. The molecule has 1 aromatic rings. The van der Waals surface area contributed by atoms with Gasteiger partial charge in [0.2, 0.25) is 5.91 Å². The molecule has 0 radical (unpaired) electrons. The first-order valence-corrected chi connectivity index (χ1v) is 9.92. The highest BCUT2D eigenvalue weighted by atomic mass is 127. The third kappa shape index (κ3) is 6.50. The summed E-state index contributed by atoms with van der Waals surface area (Å²) in [5.41, 5.74) is 0.229. The zero-order valence-corrected chi connectivity index (χ0v) is 19.0. The Hall–Kier alpha value is -1.49. The molecule has 0 unspecified atom stereocenters. The van der Waals surface area contributed by atoms with E-state index in [9.17, 15) is 13.6 Å². The van der Waals surface area contributed by atoms with Gasteiger partial charge in [0.1, 0.15) is 11.6 Å². The van der Waals surface area contributed by atoms with Crippen LogP contribution in [-0.2, 0) is 16.1 Å². The molecule has 1 aromatic carbocycles. The number of hydrogen-bond acceptors (Lipinski definition) is 3. The molecule has 9 heteroatoms. The minimum absolute atomic E-state index is 0. The summed E-state index contributed by atoms with van der Waals surface area (Å²) in [5, 5.41) is 3.21. The number of benzene rings is 1. The van der Waals surface area contributed by atoms with Crippen molar-refractivity contribution in [3.8, 4) is 0 Å². The van der Waals surface area contributed by atoms with Crippen molar-refractivity contribution in [2.24, 2.45) is 10.9 Å². The zero-order valence-electron chi connectivity index (χ0n) is 16.7. The first-order valence-electron chi connectivity index (χ1n) is 9.92. The minimum Gasteiger partial charge on any atom is -0.378 e. The molecule has 2 heterocycles. The number of nitrogens with zero attached hydrogens (tertiary/aromatic N) is 3. The van der Waals surface area contributed by atoms with Crippen LogP contribution in [0.4, 0.5) is 8.78 Å². The van der Waals surface area contributed by atoms with E-state index in [0.717, 1.165) is 25.0 Å². The van der Waals surface area contributed by atoms with Crippen molar-refractivity contribution >= 4 is 35.8 Å². The number of carbonyl (C=O) groups is 1. The van der Waals surface area contributed by atoms with Crippen LogP contribution in [0.2, 0.25) is 0 Å². The monoisotopic (exact) mass is 522 g/mol. The number of hydrogen-bond donors (Lipinski definition) is 1. The van der Waals surface area contributed by atoms with Gasteiger partial charge in [-0.05, 0) is 38.0 Å². The predicted molar refractivity (Wildman–Crippen MR) is 118 cm³/mol. The summed E-state index contributed by atoms with van der Waals surface area (Å²) in [6.07, 6.45) is 1.52. The number of rotatable bonds is 4. The first-order chi connectivity index (χ1) is 13.6. The van der Waals surface area contributed by atoms with E-state index in [1.165, 1.54) is 6.07 Å². The summed E-state index contributed by atoms with van der Waals surface area (Å²) in [7, 11) is 0. The fraction of sp³-hybridized carbons (Fsp3) is 0.600. The summed E-state index contributed by atoms with van der Waals surface area (Å²) in [6, 6.07) is 3.40. The Bertz CT molecular complexity index is 706. The maximum atomic E-state index is 13.8.